The molecule has 1 N–H and O–H groups in total. The number of hydrogen-bond donors (Lipinski definition) is 1. The van der Waals surface area contributed by atoms with Gasteiger partial charge in [-0.2, -0.15) is 4.98 Å². The molecule has 10 nitrogen and oxygen atoms in total. The van der Waals surface area contributed by atoms with E-state index in [0.29, 0.717) is 16.8 Å². The van der Waals surface area contributed by atoms with E-state index in [4.69, 9.17) is 14.6 Å². The van der Waals surface area contributed by atoms with Crippen molar-refractivity contribution in [1.82, 2.24) is 24.1 Å². The van der Waals surface area contributed by atoms with Gasteiger partial charge in [-0.25, -0.2) is 18.9 Å². The fourth-order valence-electron chi connectivity index (χ4n) is 3.03. The SMILES string of the molecule is O=c1n(CCOc2nccc(OCCO)n2)nc2ccc(-c3ccc(OC(F)(F)F)cc3)cn12. The molecular formula is C21H18F3N5O5. The molecule has 1 aromatic carbocycles. The molecule has 0 atom stereocenters. The summed E-state index contributed by atoms with van der Waals surface area (Å²) in [6, 6.07) is 10.2. The highest BCUT2D eigenvalue weighted by Gasteiger charge is 2.31. The number of aromatic nitrogens is 5. The normalized spacial score (nSPS) is 11.5. The van der Waals surface area contributed by atoms with Gasteiger partial charge in [0, 0.05) is 18.5 Å². The summed E-state index contributed by atoms with van der Waals surface area (Å²) in [6.07, 6.45) is -1.78. The molecule has 3 aromatic heterocycles. The third-order valence-corrected chi connectivity index (χ3v) is 4.48. The third kappa shape index (κ3) is 5.61. The van der Waals surface area contributed by atoms with E-state index in [1.165, 1.54) is 45.6 Å². The van der Waals surface area contributed by atoms with Gasteiger partial charge in [0.05, 0.1) is 13.2 Å². The second-order valence-corrected chi connectivity index (χ2v) is 6.82. The van der Waals surface area contributed by atoms with Crippen LogP contribution in [0.25, 0.3) is 16.8 Å². The minimum absolute atomic E-state index is 0.0486. The monoisotopic (exact) mass is 477 g/mol. The summed E-state index contributed by atoms with van der Waals surface area (Å²) >= 11 is 0. The number of pyridine rings is 1. The topological polar surface area (TPSA) is 113 Å². The largest absolute Gasteiger partial charge is 0.573 e. The fraction of sp³-hybridized carbons (Fsp3) is 0.238. The summed E-state index contributed by atoms with van der Waals surface area (Å²) in [4.78, 5) is 20.7. The van der Waals surface area contributed by atoms with Gasteiger partial charge >= 0.3 is 18.1 Å². The molecule has 0 amide bonds. The second-order valence-electron chi connectivity index (χ2n) is 6.82. The van der Waals surface area contributed by atoms with E-state index in [1.54, 1.807) is 18.3 Å². The van der Waals surface area contributed by atoms with Crippen molar-refractivity contribution in [3.05, 3.63) is 65.3 Å². The number of hydrogen-bond acceptors (Lipinski definition) is 8. The number of halogens is 3. The van der Waals surface area contributed by atoms with Crippen LogP contribution in [0.15, 0.2) is 59.7 Å². The van der Waals surface area contributed by atoms with Gasteiger partial charge in [-0.1, -0.05) is 12.1 Å². The van der Waals surface area contributed by atoms with Crippen LogP contribution >= 0.6 is 0 Å². The van der Waals surface area contributed by atoms with E-state index in [-0.39, 0.29) is 44.0 Å². The highest BCUT2D eigenvalue weighted by atomic mass is 19.4. The summed E-state index contributed by atoms with van der Waals surface area (Å²) in [6.45, 7) is 0.0994. The predicted octanol–water partition coefficient (Wildman–Crippen LogP) is 2.30. The molecule has 0 fully saturated rings. The van der Waals surface area contributed by atoms with Crippen molar-refractivity contribution in [3.63, 3.8) is 0 Å². The van der Waals surface area contributed by atoms with E-state index in [9.17, 15) is 18.0 Å². The van der Waals surface area contributed by atoms with Gasteiger partial charge in [-0.05, 0) is 35.4 Å². The van der Waals surface area contributed by atoms with Gasteiger partial charge in [0.15, 0.2) is 5.65 Å². The maximum atomic E-state index is 12.7. The standard InChI is InChI=1S/C21H18F3N5O5/c22-21(23,24)34-16-4-1-14(2-5-16)15-3-6-17-27-29(20(31)28(17)13-15)9-11-33-19-25-8-7-18(26-19)32-12-10-30/h1-8,13,30H,9-12H2. The van der Waals surface area contributed by atoms with Gasteiger partial charge in [0.1, 0.15) is 19.0 Å². The quantitative estimate of drug-likeness (QED) is 0.391. The molecule has 0 unspecified atom stereocenters. The molecule has 34 heavy (non-hydrogen) atoms. The molecule has 0 aliphatic carbocycles. The van der Waals surface area contributed by atoms with Crippen LogP contribution in [0.3, 0.4) is 0 Å². The summed E-state index contributed by atoms with van der Waals surface area (Å²) < 4.78 is 54.1. The van der Waals surface area contributed by atoms with E-state index in [1.807, 2.05) is 0 Å². The Kier molecular flexibility index (Phi) is 6.63. The Morgan fingerprint density at radius 3 is 2.47 bits per heavy atom. The molecule has 13 heteroatoms. The van der Waals surface area contributed by atoms with Crippen molar-refractivity contribution in [2.45, 2.75) is 12.9 Å². The average molecular weight is 477 g/mol. The fourth-order valence-corrected chi connectivity index (χ4v) is 3.03. The number of ether oxygens (including phenoxy) is 3. The molecule has 0 saturated heterocycles. The van der Waals surface area contributed by atoms with Gasteiger partial charge in [0.2, 0.25) is 5.88 Å². The van der Waals surface area contributed by atoms with Crippen LogP contribution in [-0.4, -0.2) is 55.4 Å². The Morgan fingerprint density at radius 1 is 0.971 bits per heavy atom. The molecule has 4 rings (SSSR count). The number of aliphatic hydroxyl groups is 1. The molecule has 0 aliphatic heterocycles. The van der Waals surface area contributed by atoms with E-state index in [2.05, 4.69) is 19.8 Å². The molecular weight excluding hydrogens is 459 g/mol. The summed E-state index contributed by atoms with van der Waals surface area (Å²) in [5.74, 6) is -0.0914. The highest BCUT2D eigenvalue weighted by molar-refractivity contribution is 5.65. The van der Waals surface area contributed by atoms with E-state index < -0.39 is 12.1 Å². The first-order valence-electron chi connectivity index (χ1n) is 9.97. The number of benzene rings is 1. The van der Waals surface area contributed by atoms with Crippen LogP contribution in [0, 0.1) is 0 Å². The lowest BCUT2D eigenvalue weighted by atomic mass is 10.1. The van der Waals surface area contributed by atoms with Gasteiger partial charge < -0.3 is 19.3 Å². The van der Waals surface area contributed by atoms with Gasteiger partial charge in [-0.3, -0.25) is 0 Å². The highest BCUT2D eigenvalue weighted by Crippen LogP contribution is 2.26. The molecule has 178 valence electrons. The Labute approximate surface area is 189 Å². The molecule has 4 aromatic rings. The first kappa shape index (κ1) is 23.0. The summed E-state index contributed by atoms with van der Waals surface area (Å²) in [7, 11) is 0. The van der Waals surface area contributed by atoms with Crippen LogP contribution in [0.4, 0.5) is 13.2 Å². The average Bonchev–Trinajstić information content (AvgIpc) is 3.12. The number of fused-ring (bicyclic) bond motifs is 1. The van der Waals surface area contributed by atoms with Crippen molar-refractivity contribution in [2.75, 3.05) is 19.8 Å². The Balaban J connectivity index is 1.45. The zero-order valence-corrected chi connectivity index (χ0v) is 17.5. The molecule has 0 bridgehead atoms. The Bertz CT molecular complexity index is 1320. The minimum Gasteiger partial charge on any atom is -0.475 e. The Hall–Kier alpha value is -4.13. The first-order valence-corrected chi connectivity index (χ1v) is 9.97. The number of aliphatic hydroxyl groups excluding tert-OH is 1. The van der Waals surface area contributed by atoms with Crippen LogP contribution in [0.1, 0.15) is 0 Å². The number of rotatable bonds is 9. The van der Waals surface area contributed by atoms with Crippen LogP contribution in [0.2, 0.25) is 0 Å². The van der Waals surface area contributed by atoms with Crippen molar-refractivity contribution in [2.24, 2.45) is 0 Å². The lowest BCUT2D eigenvalue weighted by molar-refractivity contribution is -0.274. The van der Waals surface area contributed by atoms with Gasteiger partial charge in [-0.15, -0.1) is 18.3 Å². The lowest BCUT2D eigenvalue weighted by Crippen LogP contribution is -2.24. The zero-order chi connectivity index (χ0) is 24.1. The molecule has 0 saturated carbocycles. The van der Waals surface area contributed by atoms with Crippen molar-refractivity contribution >= 4 is 5.65 Å². The van der Waals surface area contributed by atoms with Crippen molar-refractivity contribution in [3.8, 4) is 28.8 Å². The first-order chi connectivity index (χ1) is 16.3. The van der Waals surface area contributed by atoms with E-state index >= 15 is 0 Å². The van der Waals surface area contributed by atoms with Gasteiger partial charge in [0.25, 0.3) is 0 Å². The smallest absolute Gasteiger partial charge is 0.475 e. The number of alkyl halides is 3. The summed E-state index contributed by atoms with van der Waals surface area (Å²) in [5, 5.41) is 13.0. The lowest BCUT2D eigenvalue weighted by Gasteiger charge is -2.09. The third-order valence-electron chi connectivity index (χ3n) is 4.48. The maximum absolute atomic E-state index is 12.7. The Morgan fingerprint density at radius 2 is 1.74 bits per heavy atom. The molecule has 0 spiro atoms. The maximum Gasteiger partial charge on any atom is 0.573 e. The molecule has 0 aliphatic rings. The number of nitrogens with zero attached hydrogens (tertiary/aromatic N) is 5. The second kappa shape index (κ2) is 9.79. The minimum atomic E-state index is -4.77. The van der Waals surface area contributed by atoms with Crippen molar-refractivity contribution < 1.29 is 32.5 Å². The zero-order valence-electron chi connectivity index (χ0n) is 17.5. The molecule has 0 radical (unpaired) electrons. The van der Waals surface area contributed by atoms with Crippen LogP contribution in [-0.2, 0) is 6.54 Å². The van der Waals surface area contributed by atoms with Crippen LogP contribution in [0.5, 0.6) is 17.6 Å². The summed E-state index contributed by atoms with van der Waals surface area (Å²) in [5.41, 5.74) is 1.18. The van der Waals surface area contributed by atoms with E-state index in [0.717, 1.165) is 0 Å². The predicted molar refractivity (Wildman–Crippen MR) is 112 cm³/mol. The van der Waals surface area contributed by atoms with Crippen LogP contribution < -0.4 is 19.9 Å². The van der Waals surface area contributed by atoms with Crippen molar-refractivity contribution in [1.29, 1.82) is 0 Å². The molecule has 3 heterocycles.